The van der Waals surface area contributed by atoms with E-state index in [0.717, 1.165) is 22.5 Å². The van der Waals surface area contributed by atoms with Gasteiger partial charge >= 0.3 is 0 Å². The van der Waals surface area contributed by atoms with Gasteiger partial charge in [0.1, 0.15) is 10.5 Å². The van der Waals surface area contributed by atoms with Gasteiger partial charge in [-0.1, -0.05) is 29.8 Å². The molecule has 1 amide bonds. The number of benzene rings is 2. The highest BCUT2D eigenvalue weighted by molar-refractivity contribution is 6.46. The van der Waals surface area contributed by atoms with E-state index in [1.54, 1.807) is 11.0 Å². The molecule has 23 heavy (non-hydrogen) atoms. The third-order valence-electron chi connectivity index (χ3n) is 4.23. The van der Waals surface area contributed by atoms with Gasteiger partial charge in [-0.3, -0.25) is 9.69 Å². The monoisotopic (exact) mass is 348 g/mol. The molecule has 0 saturated carbocycles. The molecule has 2 aromatic carbocycles. The average molecular weight is 349 g/mol. The Morgan fingerprint density at radius 2 is 1.83 bits per heavy atom. The first-order chi connectivity index (χ1) is 10.8. The van der Waals surface area contributed by atoms with Gasteiger partial charge in [-0.2, -0.15) is 0 Å². The van der Waals surface area contributed by atoms with Crippen molar-refractivity contribution in [2.45, 2.75) is 31.3 Å². The van der Waals surface area contributed by atoms with Crippen LogP contribution in [0.3, 0.4) is 0 Å². The highest BCUT2D eigenvalue weighted by Crippen LogP contribution is 2.40. The number of carbonyl (C=O) groups is 1. The van der Waals surface area contributed by atoms with Gasteiger partial charge in [-0.15, -0.1) is 23.2 Å². The minimum atomic E-state index is -0.936. The molecule has 0 spiro atoms. The van der Waals surface area contributed by atoms with Gasteiger partial charge in [-0.05, 0) is 44.5 Å². The number of halogens is 2. The van der Waals surface area contributed by atoms with Crippen molar-refractivity contribution in [2.24, 2.45) is 0 Å². The Hall–Kier alpha value is -1.71. The molecule has 1 aliphatic heterocycles. The summed E-state index contributed by atoms with van der Waals surface area (Å²) in [5.74, 6) is -0.111. The molecule has 0 bridgehead atoms. The summed E-state index contributed by atoms with van der Waals surface area (Å²) in [5, 5.41) is 3.33. The minimum Gasteiger partial charge on any atom is -0.360 e. The van der Waals surface area contributed by atoms with Gasteiger partial charge in [0.2, 0.25) is 0 Å². The lowest BCUT2D eigenvalue weighted by molar-refractivity contribution is 0.0960. The van der Waals surface area contributed by atoms with Crippen molar-refractivity contribution in [1.82, 2.24) is 0 Å². The molecule has 1 heterocycles. The van der Waals surface area contributed by atoms with E-state index < -0.39 is 10.5 Å². The number of hydrogen-bond donors (Lipinski definition) is 1. The number of rotatable bonds is 2. The molecule has 1 aliphatic rings. The molecule has 0 aliphatic carbocycles. The SMILES string of the molecule is Cc1ccc(N2C(=O)c3ccccc3N[C@@]2(C)C(Cl)Cl)c(C)c1. The van der Waals surface area contributed by atoms with Crippen LogP contribution in [-0.4, -0.2) is 16.4 Å². The molecule has 1 N–H and O–H groups in total. The fraction of sp³-hybridized carbons (Fsp3) is 0.278. The number of fused-ring (bicyclic) bond motifs is 1. The number of amides is 1. The van der Waals surface area contributed by atoms with Crippen LogP contribution in [0.5, 0.6) is 0 Å². The lowest BCUT2D eigenvalue weighted by Gasteiger charge is -2.47. The van der Waals surface area contributed by atoms with E-state index in [4.69, 9.17) is 23.2 Å². The Balaban J connectivity index is 2.21. The van der Waals surface area contributed by atoms with E-state index in [1.807, 2.05) is 57.2 Å². The molecule has 2 aromatic rings. The maximum absolute atomic E-state index is 13.1. The normalized spacial score (nSPS) is 20.4. The first kappa shape index (κ1) is 16.2. The summed E-state index contributed by atoms with van der Waals surface area (Å²) >= 11 is 12.5. The molecule has 3 nitrogen and oxygen atoms in total. The van der Waals surface area contributed by atoms with E-state index in [2.05, 4.69) is 5.32 Å². The van der Waals surface area contributed by atoms with Crippen LogP contribution in [0, 0.1) is 13.8 Å². The van der Waals surface area contributed by atoms with Crippen molar-refractivity contribution in [2.75, 3.05) is 10.2 Å². The Labute approximate surface area is 146 Å². The highest BCUT2D eigenvalue weighted by atomic mass is 35.5. The molecule has 120 valence electrons. The number of nitrogens with zero attached hydrogens (tertiary/aromatic N) is 1. The smallest absolute Gasteiger partial charge is 0.262 e. The summed E-state index contributed by atoms with van der Waals surface area (Å²) in [6.07, 6.45) is 0. The zero-order valence-corrected chi connectivity index (χ0v) is 14.7. The summed E-state index contributed by atoms with van der Waals surface area (Å²) in [5.41, 5.74) is 3.36. The topological polar surface area (TPSA) is 32.3 Å². The van der Waals surface area contributed by atoms with E-state index in [0.29, 0.717) is 5.56 Å². The molecule has 1 atom stereocenters. The molecule has 3 rings (SSSR count). The van der Waals surface area contributed by atoms with Crippen LogP contribution in [0.4, 0.5) is 11.4 Å². The van der Waals surface area contributed by atoms with E-state index in [1.165, 1.54) is 0 Å². The van der Waals surface area contributed by atoms with E-state index in [9.17, 15) is 4.79 Å². The standard InChI is InChI=1S/C18H18Cl2N2O/c1-11-8-9-15(12(2)10-11)22-16(23)13-6-4-5-7-14(13)21-18(22,3)17(19)20/h4-10,17,21H,1-3H3/t18-/m1/s1. The molecular formula is C18H18Cl2N2O. The van der Waals surface area contributed by atoms with Crippen molar-refractivity contribution in [1.29, 1.82) is 0 Å². The van der Waals surface area contributed by atoms with Gasteiger partial charge in [-0.25, -0.2) is 0 Å². The van der Waals surface area contributed by atoms with Crippen LogP contribution in [0.2, 0.25) is 0 Å². The van der Waals surface area contributed by atoms with Crippen molar-refractivity contribution in [3.63, 3.8) is 0 Å². The lowest BCUT2D eigenvalue weighted by Crippen LogP contribution is -2.62. The summed E-state index contributed by atoms with van der Waals surface area (Å²) in [6, 6.07) is 13.4. The third kappa shape index (κ3) is 2.58. The van der Waals surface area contributed by atoms with Crippen molar-refractivity contribution < 1.29 is 4.79 Å². The van der Waals surface area contributed by atoms with Crippen molar-refractivity contribution in [3.05, 3.63) is 59.2 Å². The van der Waals surface area contributed by atoms with Crippen LogP contribution in [0.1, 0.15) is 28.4 Å². The predicted molar refractivity (Wildman–Crippen MR) is 96.7 cm³/mol. The molecule has 0 aromatic heterocycles. The Morgan fingerprint density at radius 1 is 1.13 bits per heavy atom. The van der Waals surface area contributed by atoms with Gasteiger partial charge < -0.3 is 5.32 Å². The Morgan fingerprint density at radius 3 is 2.48 bits per heavy atom. The fourth-order valence-corrected chi connectivity index (χ4v) is 3.31. The summed E-state index contributed by atoms with van der Waals surface area (Å²) < 4.78 is 0. The van der Waals surface area contributed by atoms with E-state index >= 15 is 0 Å². The van der Waals surface area contributed by atoms with E-state index in [-0.39, 0.29) is 5.91 Å². The van der Waals surface area contributed by atoms with Crippen molar-refractivity contribution >= 4 is 40.5 Å². The second-order valence-corrected chi connectivity index (χ2v) is 7.15. The number of carbonyl (C=O) groups excluding carboxylic acids is 1. The van der Waals surface area contributed by atoms with Gasteiger partial charge in [0.15, 0.2) is 0 Å². The molecule has 0 unspecified atom stereocenters. The summed E-state index contributed by atoms with van der Waals surface area (Å²) in [4.78, 5) is 14.0. The van der Waals surface area contributed by atoms with Gasteiger partial charge in [0.05, 0.1) is 5.56 Å². The van der Waals surface area contributed by atoms with Crippen LogP contribution >= 0.6 is 23.2 Å². The predicted octanol–water partition coefficient (Wildman–Crippen LogP) is 4.90. The number of alkyl halides is 2. The van der Waals surface area contributed by atoms with Crippen LogP contribution < -0.4 is 10.2 Å². The Kier molecular flexibility index (Phi) is 4.03. The molecule has 0 fully saturated rings. The molecule has 5 heteroatoms. The number of aryl methyl sites for hydroxylation is 2. The Bertz CT molecular complexity index is 775. The quantitative estimate of drug-likeness (QED) is 0.783. The number of nitrogens with one attached hydrogen (secondary N) is 1. The molecule has 0 radical (unpaired) electrons. The largest absolute Gasteiger partial charge is 0.360 e. The summed E-state index contributed by atoms with van der Waals surface area (Å²) in [6.45, 7) is 5.84. The first-order valence-electron chi connectivity index (χ1n) is 7.42. The van der Waals surface area contributed by atoms with Crippen LogP contribution in [0.15, 0.2) is 42.5 Å². The first-order valence-corrected chi connectivity index (χ1v) is 8.29. The second-order valence-electron chi connectivity index (χ2n) is 6.05. The maximum atomic E-state index is 13.1. The van der Waals surface area contributed by atoms with Crippen LogP contribution in [-0.2, 0) is 0 Å². The number of hydrogen-bond acceptors (Lipinski definition) is 2. The molecular weight excluding hydrogens is 331 g/mol. The van der Waals surface area contributed by atoms with Crippen molar-refractivity contribution in [3.8, 4) is 0 Å². The highest BCUT2D eigenvalue weighted by Gasteiger charge is 2.46. The average Bonchev–Trinajstić information content (AvgIpc) is 2.49. The summed E-state index contributed by atoms with van der Waals surface area (Å²) in [7, 11) is 0. The fourth-order valence-electron chi connectivity index (χ4n) is 3.01. The number of anilines is 2. The minimum absolute atomic E-state index is 0.111. The maximum Gasteiger partial charge on any atom is 0.262 e. The number of para-hydroxylation sites is 1. The second kappa shape index (κ2) is 5.73. The van der Waals surface area contributed by atoms with Gasteiger partial charge in [0, 0.05) is 11.4 Å². The van der Waals surface area contributed by atoms with Gasteiger partial charge in [0.25, 0.3) is 5.91 Å². The van der Waals surface area contributed by atoms with Crippen LogP contribution in [0.25, 0.3) is 0 Å². The molecule has 0 saturated heterocycles. The lowest BCUT2D eigenvalue weighted by atomic mass is 9.99. The zero-order chi connectivity index (χ0) is 16.8. The third-order valence-corrected chi connectivity index (χ3v) is 5.08. The zero-order valence-electron chi connectivity index (χ0n) is 13.2.